The van der Waals surface area contributed by atoms with Crippen molar-refractivity contribution >= 4 is 17.9 Å². The van der Waals surface area contributed by atoms with Crippen LogP contribution in [-0.4, -0.2) is 47.0 Å². The lowest BCUT2D eigenvalue weighted by Crippen LogP contribution is -2.56. The van der Waals surface area contributed by atoms with Crippen LogP contribution in [0.15, 0.2) is 24.3 Å². The quantitative estimate of drug-likeness (QED) is 0.647. The van der Waals surface area contributed by atoms with Gasteiger partial charge in [0.05, 0.1) is 18.0 Å². The highest BCUT2D eigenvalue weighted by Crippen LogP contribution is 2.32. The van der Waals surface area contributed by atoms with Crippen LogP contribution in [0.5, 0.6) is 0 Å². The molecule has 7 nitrogen and oxygen atoms in total. The highest BCUT2D eigenvalue weighted by Gasteiger charge is 2.36. The van der Waals surface area contributed by atoms with Crippen LogP contribution in [0.1, 0.15) is 89.8 Å². The van der Waals surface area contributed by atoms with E-state index in [0.29, 0.717) is 13.1 Å². The average Bonchev–Trinajstić information content (AvgIpc) is 2.96. The van der Waals surface area contributed by atoms with Crippen molar-refractivity contribution in [1.82, 2.24) is 15.5 Å². The number of carbonyl (C=O) groups excluding carboxylic acids is 3. The fourth-order valence-electron chi connectivity index (χ4n) is 5.04. The summed E-state index contributed by atoms with van der Waals surface area (Å²) in [5, 5.41) is 6.17. The van der Waals surface area contributed by atoms with Gasteiger partial charge in [-0.15, -0.1) is 0 Å². The highest BCUT2D eigenvalue weighted by atomic mass is 16.6. The van der Waals surface area contributed by atoms with Gasteiger partial charge in [0.25, 0.3) is 0 Å². The lowest BCUT2D eigenvalue weighted by atomic mass is 9.89. The molecule has 3 rings (SSSR count). The van der Waals surface area contributed by atoms with Crippen LogP contribution >= 0.6 is 0 Å². The third-order valence-corrected chi connectivity index (χ3v) is 6.65. The summed E-state index contributed by atoms with van der Waals surface area (Å²) in [5.74, 6) is -0.133. The van der Waals surface area contributed by atoms with Gasteiger partial charge < -0.3 is 20.3 Å². The average molecular weight is 458 g/mol. The van der Waals surface area contributed by atoms with Gasteiger partial charge in [0.2, 0.25) is 11.8 Å². The number of ether oxygens (including phenoxy) is 1. The van der Waals surface area contributed by atoms with Gasteiger partial charge in [0.1, 0.15) is 5.60 Å². The summed E-state index contributed by atoms with van der Waals surface area (Å²) < 4.78 is 5.51. The van der Waals surface area contributed by atoms with Crippen LogP contribution in [0.25, 0.3) is 0 Å². The molecule has 1 aromatic rings. The first-order valence-electron chi connectivity index (χ1n) is 12.2. The number of alkyl carbamates (subject to hydrolysis) is 1. The van der Waals surface area contributed by atoms with Crippen LogP contribution in [0.3, 0.4) is 0 Å². The summed E-state index contributed by atoms with van der Waals surface area (Å²) in [6.45, 7) is 8.07. The van der Waals surface area contributed by atoms with Crippen molar-refractivity contribution in [2.45, 2.75) is 96.2 Å². The minimum atomic E-state index is -0.580. The zero-order valence-corrected chi connectivity index (χ0v) is 20.5. The molecule has 1 saturated carbocycles. The first-order valence-corrected chi connectivity index (χ1v) is 12.2. The maximum absolute atomic E-state index is 13.1. The van der Waals surface area contributed by atoms with E-state index in [2.05, 4.69) is 16.7 Å². The summed E-state index contributed by atoms with van der Waals surface area (Å²) in [6, 6.07) is 7.77. The zero-order valence-electron chi connectivity index (χ0n) is 20.5. The molecule has 0 bridgehead atoms. The van der Waals surface area contributed by atoms with E-state index in [1.54, 1.807) is 11.8 Å². The summed E-state index contributed by atoms with van der Waals surface area (Å²) in [4.78, 5) is 39.7. The molecule has 0 spiro atoms. The lowest BCUT2D eigenvalue weighted by molar-refractivity contribution is -0.133. The second kappa shape index (κ2) is 10.6. The van der Waals surface area contributed by atoms with Gasteiger partial charge in [-0.3, -0.25) is 9.59 Å². The maximum Gasteiger partial charge on any atom is 0.408 e. The van der Waals surface area contributed by atoms with Gasteiger partial charge in [-0.25, -0.2) is 4.79 Å². The van der Waals surface area contributed by atoms with Crippen molar-refractivity contribution in [3.05, 3.63) is 35.4 Å². The molecule has 0 radical (unpaired) electrons. The van der Waals surface area contributed by atoms with Gasteiger partial charge in [-0.1, -0.05) is 49.9 Å². The standard InChI is InChI=1S/C26H39N3O4/c1-19(30)29-16-13-20-11-7-8-12-21(20)22(29)17-23(31)27-18-26(14-9-5-6-10-15-26)28-24(32)33-25(2,3)4/h7-8,11-12,22H,5-6,9-10,13-18H2,1-4H3,(H,27,31)(H,28,32). The number of hydrogen-bond acceptors (Lipinski definition) is 4. The Labute approximate surface area is 197 Å². The number of rotatable bonds is 5. The van der Waals surface area contributed by atoms with E-state index in [-0.39, 0.29) is 24.3 Å². The van der Waals surface area contributed by atoms with Gasteiger partial charge in [-0.2, -0.15) is 0 Å². The van der Waals surface area contributed by atoms with E-state index >= 15 is 0 Å². The Morgan fingerprint density at radius 1 is 1.09 bits per heavy atom. The zero-order chi connectivity index (χ0) is 24.1. The Bertz CT molecular complexity index is 853. The van der Waals surface area contributed by atoms with Crippen molar-refractivity contribution in [3.8, 4) is 0 Å². The molecular weight excluding hydrogens is 418 g/mol. The Kier molecular flexibility index (Phi) is 8.03. The number of nitrogens with zero attached hydrogens (tertiary/aromatic N) is 1. The third kappa shape index (κ3) is 6.95. The van der Waals surface area contributed by atoms with E-state index in [4.69, 9.17) is 4.74 Å². The predicted octanol–water partition coefficient (Wildman–Crippen LogP) is 4.26. The molecule has 7 heteroatoms. The normalized spacial score (nSPS) is 20.2. The molecule has 2 aliphatic rings. The minimum Gasteiger partial charge on any atom is -0.444 e. The second-order valence-corrected chi connectivity index (χ2v) is 10.5. The smallest absolute Gasteiger partial charge is 0.408 e. The number of hydrogen-bond donors (Lipinski definition) is 2. The number of fused-ring (bicyclic) bond motifs is 1. The van der Waals surface area contributed by atoms with Gasteiger partial charge in [0.15, 0.2) is 0 Å². The van der Waals surface area contributed by atoms with E-state index in [1.165, 1.54) is 5.56 Å². The van der Waals surface area contributed by atoms with Crippen molar-refractivity contribution in [2.24, 2.45) is 0 Å². The fraction of sp³-hybridized carbons (Fsp3) is 0.654. The van der Waals surface area contributed by atoms with Gasteiger partial charge >= 0.3 is 6.09 Å². The fourth-order valence-corrected chi connectivity index (χ4v) is 5.04. The molecule has 1 unspecified atom stereocenters. The van der Waals surface area contributed by atoms with Gasteiger partial charge in [-0.05, 0) is 51.2 Å². The Morgan fingerprint density at radius 3 is 2.39 bits per heavy atom. The summed E-state index contributed by atoms with van der Waals surface area (Å²) in [6.07, 6.45) is 6.42. The monoisotopic (exact) mass is 457 g/mol. The van der Waals surface area contributed by atoms with Crippen LogP contribution in [-0.2, 0) is 20.7 Å². The molecular formula is C26H39N3O4. The van der Waals surface area contributed by atoms with Crippen molar-refractivity contribution < 1.29 is 19.1 Å². The summed E-state index contributed by atoms with van der Waals surface area (Å²) in [7, 11) is 0. The Morgan fingerprint density at radius 2 is 1.76 bits per heavy atom. The first-order chi connectivity index (χ1) is 15.6. The molecule has 1 aliphatic carbocycles. The third-order valence-electron chi connectivity index (χ3n) is 6.65. The summed E-state index contributed by atoms with van der Waals surface area (Å²) >= 11 is 0. The molecule has 0 aromatic heterocycles. The molecule has 1 aromatic carbocycles. The van der Waals surface area contributed by atoms with Gasteiger partial charge in [0, 0.05) is 20.0 Å². The maximum atomic E-state index is 13.1. The largest absolute Gasteiger partial charge is 0.444 e. The molecule has 182 valence electrons. The number of nitrogens with one attached hydrogen (secondary N) is 2. The van der Waals surface area contributed by atoms with Crippen molar-refractivity contribution in [1.29, 1.82) is 0 Å². The van der Waals surface area contributed by atoms with E-state index in [0.717, 1.165) is 50.5 Å². The highest BCUT2D eigenvalue weighted by molar-refractivity contribution is 5.80. The predicted molar refractivity (Wildman–Crippen MR) is 128 cm³/mol. The molecule has 1 fully saturated rings. The Balaban J connectivity index is 1.69. The number of amides is 3. The number of benzene rings is 1. The van der Waals surface area contributed by atoms with Crippen molar-refractivity contribution in [3.63, 3.8) is 0 Å². The van der Waals surface area contributed by atoms with Crippen LogP contribution in [0.2, 0.25) is 0 Å². The van der Waals surface area contributed by atoms with Crippen molar-refractivity contribution in [2.75, 3.05) is 13.1 Å². The molecule has 1 atom stereocenters. The van der Waals surface area contributed by atoms with E-state index < -0.39 is 17.2 Å². The minimum absolute atomic E-state index is 0.0193. The summed E-state index contributed by atoms with van der Waals surface area (Å²) in [5.41, 5.74) is 1.15. The van der Waals surface area contributed by atoms with Crippen LogP contribution in [0.4, 0.5) is 4.79 Å². The second-order valence-electron chi connectivity index (χ2n) is 10.5. The molecule has 2 N–H and O–H groups in total. The lowest BCUT2D eigenvalue weighted by Gasteiger charge is -2.37. The molecule has 1 aliphatic heterocycles. The SMILES string of the molecule is CC(=O)N1CCc2ccccc2C1CC(=O)NCC1(NC(=O)OC(C)(C)C)CCCCCC1. The first kappa shape index (κ1) is 25.1. The van der Waals surface area contributed by atoms with E-state index in [9.17, 15) is 14.4 Å². The topological polar surface area (TPSA) is 87.7 Å². The van der Waals surface area contributed by atoms with E-state index in [1.807, 2.05) is 39.0 Å². The Hall–Kier alpha value is -2.57. The molecule has 0 saturated heterocycles. The number of carbonyl (C=O) groups is 3. The molecule has 3 amide bonds. The molecule has 33 heavy (non-hydrogen) atoms. The van der Waals surface area contributed by atoms with Crippen LogP contribution in [0, 0.1) is 0 Å². The molecule has 1 heterocycles. The van der Waals surface area contributed by atoms with Crippen LogP contribution < -0.4 is 10.6 Å².